The number of hydrogen-bond acceptors (Lipinski definition) is 3. The number of nitrogens with one attached hydrogen (secondary N) is 3. The quantitative estimate of drug-likeness (QED) is 0.396. The standard InChI is InChI=1S/C23H26Cl2N4O2/c1-2-12-26-15-21(30)27-18-8-6-16(7-9-18)17-10-13-29(14-11-17)23(31)28-22-19(24)4-3-5-20(22)25/h2-9,17,26H,1,10-15H2,(H,27,30)(H,28,31). The molecular weight excluding hydrogens is 435 g/mol. The van der Waals surface area contributed by atoms with Gasteiger partial charge in [-0.3, -0.25) is 4.79 Å². The van der Waals surface area contributed by atoms with E-state index in [1.807, 2.05) is 24.3 Å². The molecule has 0 spiro atoms. The van der Waals surface area contributed by atoms with Gasteiger partial charge in [-0.05, 0) is 48.6 Å². The number of carbonyl (C=O) groups is 2. The van der Waals surface area contributed by atoms with Crippen molar-refractivity contribution in [3.05, 3.63) is 70.7 Å². The SMILES string of the molecule is C=CCNCC(=O)Nc1ccc(C2CCN(C(=O)Nc3c(Cl)cccc3Cl)CC2)cc1. The lowest BCUT2D eigenvalue weighted by Crippen LogP contribution is -2.40. The summed E-state index contributed by atoms with van der Waals surface area (Å²) in [5.74, 6) is 0.277. The number of amides is 3. The lowest BCUT2D eigenvalue weighted by atomic mass is 9.89. The lowest BCUT2D eigenvalue weighted by Gasteiger charge is -2.32. The number of urea groups is 1. The van der Waals surface area contributed by atoms with E-state index in [2.05, 4.69) is 22.5 Å². The summed E-state index contributed by atoms with van der Waals surface area (Å²) in [7, 11) is 0. The number of likely N-dealkylation sites (tertiary alicyclic amines) is 1. The average molecular weight is 461 g/mol. The number of piperidine rings is 1. The Morgan fingerprint density at radius 2 is 1.68 bits per heavy atom. The Morgan fingerprint density at radius 1 is 1.03 bits per heavy atom. The molecule has 2 aromatic rings. The van der Waals surface area contributed by atoms with Gasteiger partial charge in [0.25, 0.3) is 0 Å². The van der Waals surface area contributed by atoms with E-state index in [1.54, 1.807) is 29.2 Å². The van der Waals surface area contributed by atoms with Gasteiger partial charge in [-0.2, -0.15) is 0 Å². The molecule has 6 nitrogen and oxygen atoms in total. The number of para-hydroxylation sites is 1. The lowest BCUT2D eigenvalue weighted by molar-refractivity contribution is -0.115. The van der Waals surface area contributed by atoms with Crippen LogP contribution in [0.4, 0.5) is 16.2 Å². The second-order valence-corrected chi connectivity index (χ2v) is 8.19. The Hall–Kier alpha value is -2.54. The minimum Gasteiger partial charge on any atom is -0.325 e. The summed E-state index contributed by atoms with van der Waals surface area (Å²) in [4.78, 5) is 26.3. The molecular formula is C23H26Cl2N4O2. The molecule has 0 unspecified atom stereocenters. The molecule has 0 aliphatic carbocycles. The van der Waals surface area contributed by atoms with Crippen LogP contribution >= 0.6 is 23.2 Å². The summed E-state index contributed by atoms with van der Waals surface area (Å²) in [5.41, 5.74) is 2.41. The fraction of sp³-hybridized carbons (Fsp3) is 0.304. The van der Waals surface area contributed by atoms with E-state index < -0.39 is 0 Å². The van der Waals surface area contributed by atoms with Crippen molar-refractivity contribution < 1.29 is 9.59 Å². The zero-order valence-electron chi connectivity index (χ0n) is 17.2. The van der Waals surface area contributed by atoms with Crippen LogP contribution in [-0.4, -0.2) is 43.0 Å². The van der Waals surface area contributed by atoms with Crippen LogP contribution in [0.3, 0.4) is 0 Å². The number of carbonyl (C=O) groups excluding carboxylic acids is 2. The zero-order chi connectivity index (χ0) is 22.2. The molecule has 1 heterocycles. The molecule has 0 atom stereocenters. The Bertz CT molecular complexity index is 905. The summed E-state index contributed by atoms with van der Waals surface area (Å²) in [5, 5.41) is 9.49. The van der Waals surface area contributed by atoms with Crippen molar-refractivity contribution >= 4 is 46.5 Å². The highest BCUT2D eigenvalue weighted by Crippen LogP contribution is 2.32. The molecule has 0 saturated carbocycles. The van der Waals surface area contributed by atoms with Crippen LogP contribution in [0.5, 0.6) is 0 Å². The zero-order valence-corrected chi connectivity index (χ0v) is 18.7. The summed E-state index contributed by atoms with van der Waals surface area (Å²) in [6, 6.07) is 12.8. The highest BCUT2D eigenvalue weighted by molar-refractivity contribution is 6.39. The maximum Gasteiger partial charge on any atom is 0.321 e. The first-order valence-electron chi connectivity index (χ1n) is 10.2. The molecule has 0 radical (unpaired) electrons. The largest absolute Gasteiger partial charge is 0.325 e. The average Bonchev–Trinajstić information content (AvgIpc) is 2.77. The number of benzene rings is 2. The molecule has 1 saturated heterocycles. The number of anilines is 2. The fourth-order valence-electron chi connectivity index (χ4n) is 3.55. The first-order chi connectivity index (χ1) is 15.0. The maximum atomic E-state index is 12.6. The smallest absolute Gasteiger partial charge is 0.321 e. The minimum atomic E-state index is -0.198. The van der Waals surface area contributed by atoms with Gasteiger partial charge < -0.3 is 20.9 Å². The summed E-state index contributed by atoms with van der Waals surface area (Å²) >= 11 is 12.3. The predicted octanol–water partition coefficient (Wildman–Crippen LogP) is 5.12. The molecule has 1 fully saturated rings. The molecule has 8 heteroatoms. The predicted molar refractivity (Wildman–Crippen MR) is 127 cm³/mol. The van der Waals surface area contributed by atoms with Gasteiger partial charge in [0, 0.05) is 25.3 Å². The van der Waals surface area contributed by atoms with Gasteiger partial charge in [-0.25, -0.2) is 4.79 Å². The summed E-state index contributed by atoms with van der Waals surface area (Å²) < 4.78 is 0. The van der Waals surface area contributed by atoms with Gasteiger partial charge in [0.2, 0.25) is 5.91 Å². The van der Waals surface area contributed by atoms with E-state index in [0.717, 1.165) is 18.5 Å². The van der Waals surface area contributed by atoms with Crippen molar-refractivity contribution in [2.24, 2.45) is 0 Å². The Balaban J connectivity index is 1.49. The van der Waals surface area contributed by atoms with Crippen LogP contribution in [0.15, 0.2) is 55.1 Å². The van der Waals surface area contributed by atoms with Crippen molar-refractivity contribution in [3.8, 4) is 0 Å². The normalized spacial score (nSPS) is 14.2. The third-order valence-electron chi connectivity index (χ3n) is 5.22. The van der Waals surface area contributed by atoms with Gasteiger partial charge in [0.15, 0.2) is 0 Å². The van der Waals surface area contributed by atoms with Crippen LogP contribution in [0.1, 0.15) is 24.3 Å². The third kappa shape index (κ3) is 6.47. The van der Waals surface area contributed by atoms with E-state index in [0.29, 0.717) is 41.3 Å². The van der Waals surface area contributed by atoms with Crippen molar-refractivity contribution in [3.63, 3.8) is 0 Å². The highest BCUT2D eigenvalue weighted by Gasteiger charge is 2.24. The molecule has 3 N–H and O–H groups in total. The fourth-order valence-corrected chi connectivity index (χ4v) is 4.04. The van der Waals surface area contributed by atoms with Gasteiger partial charge in [0.1, 0.15) is 0 Å². The Labute approximate surface area is 192 Å². The van der Waals surface area contributed by atoms with Gasteiger partial charge in [-0.15, -0.1) is 6.58 Å². The van der Waals surface area contributed by atoms with Gasteiger partial charge in [-0.1, -0.05) is 47.5 Å². The second-order valence-electron chi connectivity index (χ2n) is 7.38. The number of nitrogens with zero attached hydrogens (tertiary/aromatic N) is 1. The molecule has 31 heavy (non-hydrogen) atoms. The maximum absolute atomic E-state index is 12.6. The van der Waals surface area contributed by atoms with E-state index in [4.69, 9.17) is 23.2 Å². The summed E-state index contributed by atoms with van der Waals surface area (Å²) in [6.45, 7) is 5.73. The molecule has 1 aliphatic heterocycles. The molecule has 3 rings (SSSR count). The highest BCUT2D eigenvalue weighted by atomic mass is 35.5. The number of rotatable bonds is 7. The van der Waals surface area contributed by atoms with Crippen LogP contribution in [0.2, 0.25) is 10.0 Å². The molecule has 0 aromatic heterocycles. The van der Waals surface area contributed by atoms with Crippen molar-refractivity contribution in [2.45, 2.75) is 18.8 Å². The number of hydrogen-bond donors (Lipinski definition) is 3. The van der Waals surface area contributed by atoms with E-state index in [-0.39, 0.29) is 18.5 Å². The Kier molecular flexibility index (Phi) is 8.35. The minimum absolute atomic E-state index is 0.0902. The topological polar surface area (TPSA) is 73.5 Å². The first-order valence-corrected chi connectivity index (χ1v) is 10.9. The first kappa shape index (κ1) is 23.1. The van der Waals surface area contributed by atoms with E-state index in [9.17, 15) is 9.59 Å². The monoisotopic (exact) mass is 460 g/mol. The van der Waals surface area contributed by atoms with Crippen molar-refractivity contribution in [1.29, 1.82) is 0 Å². The molecule has 1 aliphatic rings. The Morgan fingerprint density at radius 3 is 2.29 bits per heavy atom. The van der Waals surface area contributed by atoms with Crippen LogP contribution in [0, 0.1) is 0 Å². The molecule has 0 bridgehead atoms. The van der Waals surface area contributed by atoms with Crippen molar-refractivity contribution in [2.75, 3.05) is 36.8 Å². The van der Waals surface area contributed by atoms with Crippen LogP contribution in [0.25, 0.3) is 0 Å². The third-order valence-corrected chi connectivity index (χ3v) is 5.85. The van der Waals surface area contributed by atoms with Crippen molar-refractivity contribution in [1.82, 2.24) is 10.2 Å². The summed E-state index contributed by atoms with van der Waals surface area (Å²) in [6.07, 6.45) is 3.44. The second kappa shape index (κ2) is 11.2. The van der Waals surface area contributed by atoms with Crippen LogP contribution < -0.4 is 16.0 Å². The molecule has 3 amide bonds. The van der Waals surface area contributed by atoms with E-state index in [1.165, 1.54) is 5.56 Å². The molecule has 2 aromatic carbocycles. The van der Waals surface area contributed by atoms with Crippen LogP contribution in [-0.2, 0) is 4.79 Å². The number of halogens is 2. The molecule has 164 valence electrons. The van der Waals surface area contributed by atoms with E-state index >= 15 is 0 Å². The van der Waals surface area contributed by atoms with Gasteiger partial charge in [0.05, 0.1) is 22.3 Å². The van der Waals surface area contributed by atoms with Gasteiger partial charge >= 0.3 is 6.03 Å².